The number of alkyl halides is 3. The number of benzene rings is 1. The van der Waals surface area contributed by atoms with E-state index in [1.165, 1.54) is 0 Å². The molecule has 0 aliphatic rings. The van der Waals surface area contributed by atoms with Crippen LogP contribution in [0.25, 0.3) is 5.76 Å². The van der Waals surface area contributed by atoms with E-state index in [0.717, 1.165) is 18.4 Å². The lowest BCUT2D eigenvalue weighted by atomic mass is 10.1. The number of hydrogen-bond donors (Lipinski definition) is 0. The minimum Gasteiger partial charge on any atom is -0.423 e. The van der Waals surface area contributed by atoms with Crippen molar-refractivity contribution in [2.75, 3.05) is 0 Å². The normalized spacial score (nSPS) is 12.3. The first-order valence-electron chi connectivity index (χ1n) is 5.49. The second-order valence-electron chi connectivity index (χ2n) is 3.61. The summed E-state index contributed by atoms with van der Waals surface area (Å²) >= 11 is 16.4. The van der Waals surface area contributed by atoms with Gasteiger partial charge >= 0.3 is 5.97 Å². The number of rotatable bonds is 4. The second kappa shape index (κ2) is 7.03. The molecule has 0 fully saturated rings. The predicted molar refractivity (Wildman–Crippen MR) is 75.7 cm³/mol. The van der Waals surface area contributed by atoms with Crippen molar-refractivity contribution in [3.63, 3.8) is 0 Å². The fourth-order valence-corrected chi connectivity index (χ4v) is 1.37. The Morgan fingerprint density at radius 1 is 1.28 bits per heavy atom. The van der Waals surface area contributed by atoms with Gasteiger partial charge < -0.3 is 4.74 Å². The highest BCUT2D eigenvalue weighted by Crippen LogP contribution is 2.30. The van der Waals surface area contributed by atoms with E-state index in [0.29, 0.717) is 5.76 Å². The molecule has 1 aromatic rings. The molecule has 18 heavy (non-hydrogen) atoms. The van der Waals surface area contributed by atoms with Crippen LogP contribution in [-0.4, -0.2) is 9.76 Å². The third-order valence-electron chi connectivity index (χ3n) is 2.11. The van der Waals surface area contributed by atoms with Crippen LogP contribution in [0.15, 0.2) is 36.4 Å². The zero-order chi connectivity index (χ0) is 13.6. The number of ether oxygens (including phenoxy) is 1. The second-order valence-corrected chi connectivity index (χ2v) is 5.89. The molecule has 0 aliphatic carbocycles. The molecular formula is C13H13Cl3O2. The fourth-order valence-electron chi connectivity index (χ4n) is 1.25. The summed E-state index contributed by atoms with van der Waals surface area (Å²) < 4.78 is 3.06. The molecule has 2 nitrogen and oxygen atoms in total. The summed E-state index contributed by atoms with van der Waals surface area (Å²) in [7, 11) is 0. The smallest absolute Gasteiger partial charge is 0.363 e. The van der Waals surface area contributed by atoms with Crippen molar-refractivity contribution >= 4 is 46.5 Å². The molecule has 0 aliphatic heterocycles. The Balaban J connectivity index is 2.91. The average molecular weight is 308 g/mol. The maximum atomic E-state index is 11.6. The topological polar surface area (TPSA) is 26.3 Å². The van der Waals surface area contributed by atoms with Crippen LogP contribution >= 0.6 is 34.8 Å². The Morgan fingerprint density at radius 3 is 2.39 bits per heavy atom. The van der Waals surface area contributed by atoms with Crippen LogP contribution in [0, 0.1) is 0 Å². The predicted octanol–water partition coefficient (Wildman–Crippen LogP) is 4.74. The summed E-state index contributed by atoms with van der Waals surface area (Å²) in [6.45, 7) is 2.02. The van der Waals surface area contributed by atoms with Gasteiger partial charge in [-0.25, -0.2) is 4.79 Å². The van der Waals surface area contributed by atoms with Crippen LogP contribution in [0.3, 0.4) is 0 Å². The van der Waals surface area contributed by atoms with E-state index in [4.69, 9.17) is 39.5 Å². The fraction of sp³-hybridized carbons (Fsp3) is 0.308. The largest absolute Gasteiger partial charge is 0.423 e. The van der Waals surface area contributed by atoms with Gasteiger partial charge in [-0.3, -0.25) is 0 Å². The molecule has 5 heteroatoms. The number of carbonyl (C=O) groups excluding carboxylic acids is 1. The van der Waals surface area contributed by atoms with Crippen molar-refractivity contribution < 1.29 is 9.53 Å². The van der Waals surface area contributed by atoms with E-state index in [9.17, 15) is 4.79 Å². The van der Waals surface area contributed by atoms with E-state index < -0.39 is 9.76 Å². The van der Waals surface area contributed by atoms with Gasteiger partial charge in [-0.15, -0.1) is 0 Å². The highest BCUT2D eigenvalue weighted by molar-refractivity contribution is 6.75. The van der Waals surface area contributed by atoms with E-state index in [2.05, 4.69) is 0 Å². The minimum absolute atomic E-state index is 0.411. The number of hydrogen-bond acceptors (Lipinski definition) is 2. The molecule has 0 spiro atoms. The van der Waals surface area contributed by atoms with E-state index >= 15 is 0 Å². The van der Waals surface area contributed by atoms with Gasteiger partial charge in [0.1, 0.15) is 5.76 Å². The molecule has 0 heterocycles. The van der Waals surface area contributed by atoms with Gasteiger partial charge in [-0.2, -0.15) is 0 Å². The van der Waals surface area contributed by atoms with E-state index in [-0.39, 0.29) is 0 Å². The molecule has 0 amide bonds. The van der Waals surface area contributed by atoms with E-state index in [1.54, 1.807) is 0 Å². The molecule has 1 aromatic carbocycles. The zero-order valence-corrected chi connectivity index (χ0v) is 12.1. The summed E-state index contributed by atoms with van der Waals surface area (Å²) in [6, 6.07) is 9.22. The Bertz CT molecular complexity index is 422. The molecule has 0 saturated carbocycles. The lowest BCUT2D eigenvalue weighted by Gasteiger charge is -2.13. The number of esters is 1. The summed E-state index contributed by atoms with van der Waals surface area (Å²) in [4.78, 5) is 11.6. The van der Waals surface area contributed by atoms with Gasteiger partial charge in [0.25, 0.3) is 3.79 Å². The molecular weight excluding hydrogens is 295 g/mol. The molecule has 0 radical (unpaired) electrons. The third kappa shape index (κ3) is 4.89. The Morgan fingerprint density at radius 2 is 1.89 bits per heavy atom. The molecule has 0 bridgehead atoms. The van der Waals surface area contributed by atoms with Crippen LogP contribution in [-0.2, 0) is 9.53 Å². The molecule has 98 valence electrons. The van der Waals surface area contributed by atoms with Crippen LogP contribution in [0.1, 0.15) is 25.3 Å². The molecule has 0 atom stereocenters. The van der Waals surface area contributed by atoms with Crippen molar-refractivity contribution in [1.29, 1.82) is 0 Å². The molecule has 0 saturated heterocycles. The Hall–Kier alpha value is -0.700. The molecule has 0 aromatic heterocycles. The Labute approximate surface area is 121 Å². The van der Waals surface area contributed by atoms with Crippen LogP contribution < -0.4 is 0 Å². The van der Waals surface area contributed by atoms with Crippen LogP contribution in [0.2, 0.25) is 0 Å². The maximum Gasteiger partial charge on any atom is 0.363 e. The average Bonchev–Trinajstić information content (AvgIpc) is 2.34. The van der Waals surface area contributed by atoms with Gasteiger partial charge in [-0.05, 0) is 12.5 Å². The van der Waals surface area contributed by atoms with Gasteiger partial charge in [0.2, 0.25) is 0 Å². The summed E-state index contributed by atoms with van der Waals surface area (Å²) in [5.74, 6) is -0.493. The third-order valence-corrected chi connectivity index (χ3v) is 2.57. The monoisotopic (exact) mass is 306 g/mol. The standard InChI is InChI=1S/C13H13Cl3O2/c1-2-3-9-11(10-7-5-4-6-8-10)18-12(17)13(14,15)16/h4-9H,2-3H2,1H3/b11-9+. The van der Waals surface area contributed by atoms with Crippen molar-refractivity contribution in [2.24, 2.45) is 0 Å². The first kappa shape index (κ1) is 15.4. The van der Waals surface area contributed by atoms with Crippen molar-refractivity contribution in [3.05, 3.63) is 42.0 Å². The van der Waals surface area contributed by atoms with Crippen LogP contribution in [0.5, 0.6) is 0 Å². The number of unbranched alkanes of at least 4 members (excludes halogenated alkanes) is 1. The van der Waals surface area contributed by atoms with Crippen molar-refractivity contribution in [1.82, 2.24) is 0 Å². The maximum absolute atomic E-state index is 11.6. The highest BCUT2D eigenvalue weighted by Gasteiger charge is 2.33. The van der Waals surface area contributed by atoms with Gasteiger partial charge in [0.15, 0.2) is 0 Å². The molecule has 0 N–H and O–H groups in total. The Kier molecular flexibility index (Phi) is 6.00. The lowest BCUT2D eigenvalue weighted by Crippen LogP contribution is -2.21. The van der Waals surface area contributed by atoms with E-state index in [1.807, 2.05) is 43.3 Å². The quantitative estimate of drug-likeness (QED) is 0.456. The first-order chi connectivity index (χ1) is 8.45. The number of carbonyl (C=O) groups is 1. The van der Waals surface area contributed by atoms with Crippen molar-refractivity contribution in [2.45, 2.75) is 23.6 Å². The van der Waals surface area contributed by atoms with Crippen LogP contribution in [0.4, 0.5) is 0 Å². The van der Waals surface area contributed by atoms with Crippen molar-refractivity contribution in [3.8, 4) is 0 Å². The van der Waals surface area contributed by atoms with Gasteiger partial charge in [0, 0.05) is 5.56 Å². The van der Waals surface area contributed by atoms with Gasteiger partial charge in [0.05, 0.1) is 0 Å². The first-order valence-corrected chi connectivity index (χ1v) is 6.63. The SMILES string of the molecule is CCC/C=C(/OC(=O)C(Cl)(Cl)Cl)c1ccccc1. The number of allylic oxidation sites excluding steroid dienone is 1. The zero-order valence-electron chi connectivity index (χ0n) is 9.83. The summed E-state index contributed by atoms with van der Waals surface area (Å²) in [6.07, 6.45) is 3.52. The lowest BCUT2D eigenvalue weighted by molar-refractivity contribution is -0.135. The summed E-state index contributed by atoms with van der Waals surface area (Å²) in [5.41, 5.74) is 0.772. The minimum atomic E-state index is -2.07. The number of halogens is 3. The highest BCUT2D eigenvalue weighted by atomic mass is 35.6. The molecule has 1 rings (SSSR count). The van der Waals surface area contributed by atoms with Gasteiger partial charge in [-0.1, -0.05) is 78.5 Å². The summed E-state index contributed by atoms with van der Waals surface area (Å²) in [5, 5.41) is 0. The molecule has 0 unspecified atom stereocenters.